The Morgan fingerprint density at radius 3 is 2.43 bits per heavy atom. The third-order valence-corrected chi connectivity index (χ3v) is 6.56. The molecule has 0 bridgehead atoms. The molecule has 1 N–H and O–H groups in total. The van der Waals surface area contributed by atoms with Gasteiger partial charge in [0.25, 0.3) is 0 Å². The molecule has 1 heterocycles. The fraction of sp³-hybridized carbons (Fsp3) is 0.350. The van der Waals surface area contributed by atoms with Crippen molar-refractivity contribution in [3.05, 3.63) is 59.1 Å². The minimum Gasteiger partial charge on any atom is -0.378 e. The zero-order valence-electron chi connectivity index (χ0n) is 15.8. The number of carbonyl (C=O) groups excluding carboxylic acids is 1. The first-order valence-electron chi connectivity index (χ1n) is 9.04. The van der Waals surface area contributed by atoms with Crippen LogP contribution in [0.1, 0.15) is 24.2 Å². The molecule has 0 spiro atoms. The first-order chi connectivity index (χ1) is 13.3. The van der Waals surface area contributed by atoms with Crippen molar-refractivity contribution in [2.75, 3.05) is 25.0 Å². The summed E-state index contributed by atoms with van der Waals surface area (Å²) in [6, 6.07) is 13.2. The van der Waals surface area contributed by atoms with Crippen molar-refractivity contribution in [2.24, 2.45) is 0 Å². The number of ketones is 1. The summed E-state index contributed by atoms with van der Waals surface area (Å²) in [6.45, 7) is 4.34. The molecule has 0 aromatic heterocycles. The number of Topliss-reactive ketones (excluding diaryl/α,β-unsaturated/α-hetero) is 1. The molecule has 6 nitrogen and oxygen atoms in total. The number of nitrogens with zero attached hydrogens (tertiary/aromatic N) is 1. The lowest BCUT2D eigenvalue weighted by Gasteiger charge is -2.34. The molecule has 8 heteroatoms. The Kier molecular flexibility index (Phi) is 6.40. The van der Waals surface area contributed by atoms with E-state index in [1.165, 1.54) is 16.4 Å². The molecule has 2 aromatic rings. The van der Waals surface area contributed by atoms with Crippen LogP contribution >= 0.6 is 11.6 Å². The van der Waals surface area contributed by atoms with Crippen LogP contribution in [-0.2, 0) is 14.8 Å². The fourth-order valence-corrected chi connectivity index (χ4v) is 4.92. The molecule has 1 aliphatic rings. The van der Waals surface area contributed by atoms with E-state index in [1.807, 2.05) is 13.8 Å². The third kappa shape index (κ3) is 4.91. The standard InChI is InChI=1S/C20H23ClN2O4S/c1-14-12-23(13-15(2)27-14)28(25,26)19-5-3-4-16(10-19)20(24)11-22-18-8-6-17(21)7-9-18/h3-10,14-15,22H,11-13H2,1-2H3. The average molecular weight is 423 g/mol. The molecular weight excluding hydrogens is 400 g/mol. The van der Waals surface area contributed by atoms with Crippen LogP contribution < -0.4 is 5.32 Å². The molecule has 150 valence electrons. The largest absolute Gasteiger partial charge is 0.378 e. The smallest absolute Gasteiger partial charge is 0.243 e. The molecule has 0 amide bonds. The Balaban J connectivity index is 1.73. The highest BCUT2D eigenvalue weighted by Gasteiger charge is 2.32. The number of morpholine rings is 1. The maximum atomic E-state index is 13.0. The van der Waals surface area contributed by atoms with Gasteiger partial charge < -0.3 is 10.1 Å². The van der Waals surface area contributed by atoms with E-state index in [9.17, 15) is 13.2 Å². The van der Waals surface area contributed by atoms with Crippen molar-refractivity contribution in [1.82, 2.24) is 4.31 Å². The Hall–Kier alpha value is -1.93. The molecule has 2 aromatic carbocycles. The minimum atomic E-state index is -3.69. The zero-order valence-corrected chi connectivity index (χ0v) is 17.3. The fourth-order valence-electron chi connectivity index (χ4n) is 3.16. The second-order valence-electron chi connectivity index (χ2n) is 6.89. The Morgan fingerprint density at radius 1 is 1.14 bits per heavy atom. The lowest BCUT2D eigenvalue weighted by Crippen LogP contribution is -2.48. The SMILES string of the molecule is CC1CN(S(=O)(=O)c2cccc(C(=O)CNc3ccc(Cl)cc3)c2)CC(C)O1. The number of anilines is 1. The van der Waals surface area contributed by atoms with Crippen molar-refractivity contribution in [3.8, 4) is 0 Å². The topological polar surface area (TPSA) is 75.7 Å². The number of rotatable bonds is 6. The van der Waals surface area contributed by atoms with Gasteiger partial charge in [0.15, 0.2) is 5.78 Å². The predicted molar refractivity (Wildman–Crippen MR) is 109 cm³/mol. The molecule has 2 atom stereocenters. The Bertz CT molecular complexity index is 937. The quantitative estimate of drug-likeness (QED) is 0.722. The highest BCUT2D eigenvalue weighted by Crippen LogP contribution is 2.22. The number of nitrogens with one attached hydrogen (secondary N) is 1. The minimum absolute atomic E-state index is 0.0523. The number of ether oxygens (including phenoxy) is 1. The van der Waals surface area contributed by atoms with E-state index in [-0.39, 0.29) is 29.4 Å². The van der Waals surface area contributed by atoms with Gasteiger partial charge in [0.05, 0.1) is 23.6 Å². The van der Waals surface area contributed by atoms with Gasteiger partial charge in [-0.05, 0) is 50.2 Å². The third-order valence-electron chi connectivity index (χ3n) is 4.48. The maximum absolute atomic E-state index is 13.0. The lowest BCUT2D eigenvalue weighted by molar-refractivity contribution is -0.0440. The van der Waals surface area contributed by atoms with Crippen molar-refractivity contribution in [1.29, 1.82) is 0 Å². The molecule has 1 fully saturated rings. The summed E-state index contributed by atoms with van der Waals surface area (Å²) in [5.74, 6) is -0.198. The van der Waals surface area contributed by atoms with Crippen LogP contribution in [0, 0.1) is 0 Å². The van der Waals surface area contributed by atoms with E-state index >= 15 is 0 Å². The first kappa shape index (κ1) is 20.8. The van der Waals surface area contributed by atoms with Crippen molar-refractivity contribution >= 4 is 33.1 Å². The van der Waals surface area contributed by atoms with Gasteiger partial charge in [-0.1, -0.05) is 23.7 Å². The van der Waals surface area contributed by atoms with E-state index in [2.05, 4.69) is 5.32 Å². The summed E-state index contributed by atoms with van der Waals surface area (Å²) in [4.78, 5) is 12.6. The van der Waals surface area contributed by atoms with Gasteiger partial charge in [-0.3, -0.25) is 4.79 Å². The van der Waals surface area contributed by atoms with Crippen LogP contribution in [-0.4, -0.2) is 50.3 Å². The van der Waals surface area contributed by atoms with E-state index in [4.69, 9.17) is 16.3 Å². The monoisotopic (exact) mass is 422 g/mol. The number of hydrogen-bond donors (Lipinski definition) is 1. The molecule has 1 saturated heterocycles. The van der Waals surface area contributed by atoms with Gasteiger partial charge in [0, 0.05) is 29.4 Å². The van der Waals surface area contributed by atoms with Crippen molar-refractivity contribution in [3.63, 3.8) is 0 Å². The summed E-state index contributed by atoms with van der Waals surface area (Å²) in [5.41, 5.74) is 1.11. The summed E-state index contributed by atoms with van der Waals surface area (Å²) in [5, 5.41) is 3.63. The molecular formula is C20H23ClN2O4S. The number of benzene rings is 2. The number of carbonyl (C=O) groups is 1. The van der Waals surface area contributed by atoms with Crippen LogP contribution in [0.25, 0.3) is 0 Å². The van der Waals surface area contributed by atoms with Gasteiger partial charge in [-0.2, -0.15) is 4.31 Å². The molecule has 0 radical (unpaired) electrons. The predicted octanol–water partition coefficient (Wildman–Crippen LogP) is 3.43. The molecule has 2 unspecified atom stereocenters. The molecule has 28 heavy (non-hydrogen) atoms. The number of sulfonamides is 1. The van der Waals surface area contributed by atoms with Gasteiger partial charge >= 0.3 is 0 Å². The highest BCUT2D eigenvalue weighted by molar-refractivity contribution is 7.89. The highest BCUT2D eigenvalue weighted by atomic mass is 35.5. The van der Waals surface area contributed by atoms with Crippen LogP contribution in [0.5, 0.6) is 0 Å². The lowest BCUT2D eigenvalue weighted by atomic mass is 10.1. The van der Waals surface area contributed by atoms with Crippen LogP contribution in [0.4, 0.5) is 5.69 Å². The van der Waals surface area contributed by atoms with Gasteiger partial charge in [0.1, 0.15) is 0 Å². The number of halogens is 1. The summed E-state index contributed by atoms with van der Waals surface area (Å²) in [6.07, 6.45) is -0.348. The normalized spacial score (nSPS) is 20.7. The van der Waals surface area contributed by atoms with E-state index in [1.54, 1.807) is 36.4 Å². The zero-order chi connectivity index (χ0) is 20.3. The Labute approximate surface area is 170 Å². The van der Waals surface area contributed by atoms with Crippen LogP contribution in [0.15, 0.2) is 53.4 Å². The maximum Gasteiger partial charge on any atom is 0.243 e. The van der Waals surface area contributed by atoms with Gasteiger partial charge in [-0.15, -0.1) is 0 Å². The molecule has 0 saturated carbocycles. The Morgan fingerprint density at radius 2 is 1.79 bits per heavy atom. The van der Waals surface area contributed by atoms with Crippen molar-refractivity contribution in [2.45, 2.75) is 31.0 Å². The van der Waals surface area contributed by atoms with Crippen LogP contribution in [0.3, 0.4) is 0 Å². The van der Waals surface area contributed by atoms with Gasteiger partial charge in [-0.25, -0.2) is 8.42 Å². The summed E-state index contributed by atoms with van der Waals surface area (Å²) >= 11 is 5.85. The molecule has 3 rings (SSSR count). The van der Waals surface area contributed by atoms with E-state index in [0.717, 1.165) is 5.69 Å². The second kappa shape index (κ2) is 8.61. The van der Waals surface area contributed by atoms with Gasteiger partial charge in [0.2, 0.25) is 10.0 Å². The molecule has 0 aliphatic carbocycles. The summed E-state index contributed by atoms with van der Waals surface area (Å²) in [7, 11) is -3.69. The number of hydrogen-bond acceptors (Lipinski definition) is 5. The van der Waals surface area contributed by atoms with E-state index < -0.39 is 10.0 Å². The molecule has 1 aliphatic heterocycles. The van der Waals surface area contributed by atoms with Crippen LogP contribution in [0.2, 0.25) is 5.02 Å². The average Bonchev–Trinajstić information content (AvgIpc) is 2.66. The van der Waals surface area contributed by atoms with E-state index in [0.29, 0.717) is 23.7 Å². The van der Waals surface area contributed by atoms with Crippen molar-refractivity contribution < 1.29 is 17.9 Å². The second-order valence-corrected chi connectivity index (χ2v) is 9.27. The summed E-state index contributed by atoms with van der Waals surface area (Å²) < 4.78 is 33.0. The first-order valence-corrected chi connectivity index (χ1v) is 10.9.